The van der Waals surface area contributed by atoms with Crippen molar-refractivity contribution in [3.8, 4) is 5.69 Å². The molecule has 0 aliphatic heterocycles. The number of rotatable bonds is 4. The van der Waals surface area contributed by atoms with Crippen LogP contribution in [-0.2, 0) is 0 Å². The molecule has 2 heterocycles. The van der Waals surface area contributed by atoms with Crippen LogP contribution in [0.5, 0.6) is 0 Å². The van der Waals surface area contributed by atoms with E-state index in [1.54, 1.807) is 12.4 Å². The maximum atomic E-state index is 12.3. The van der Waals surface area contributed by atoms with Crippen molar-refractivity contribution in [1.29, 1.82) is 0 Å². The molecule has 26 heavy (non-hydrogen) atoms. The summed E-state index contributed by atoms with van der Waals surface area (Å²) in [5, 5.41) is 9.98. The summed E-state index contributed by atoms with van der Waals surface area (Å²) in [5.41, 5.74) is 1.40. The summed E-state index contributed by atoms with van der Waals surface area (Å²) in [6.45, 7) is 1.97. The van der Waals surface area contributed by atoms with Gasteiger partial charge in [-0.05, 0) is 37.3 Å². The van der Waals surface area contributed by atoms with Crippen LogP contribution in [0.15, 0.2) is 64.8 Å². The summed E-state index contributed by atoms with van der Waals surface area (Å²) in [5.74, 6) is 0.597. The number of H-pyrrole nitrogens is 1. The number of para-hydroxylation sites is 1. The normalized spacial score (nSPS) is 12.4. The molecular formula is C18H14ClN5OS. The Labute approximate surface area is 158 Å². The molecule has 0 aliphatic carbocycles. The van der Waals surface area contributed by atoms with Crippen LogP contribution in [0.2, 0.25) is 5.02 Å². The van der Waals surface area contributed by atoms with E-state index in [1.807, 2.05) is 54.0 Å². The van der Waals surface area contributed by atoms with Gasteiger partial charge in [-0.1, -0.05) is 41.6 Å². The average molecular weight is 384 g/mol. The zero-order valence-electron chi connectivity index (χ0n) is 13.8. The van der Waals surface area contributed by atoms with Crippen molar-refractivity contribution >= 4 is 34.3 Å². The van der Waals surface area contributed by atoms with Crippen molar-refractivity contribution in [1.82, 2.24) is 24.7 Å². The Morgan fingerprint density at radius 3 is 2.88 bits per heavy atom. The van der Waals surface area contributed by atoms with Gasteiger partial charge in [-0.3, -0.25) is 9.36 Å². The quantitative estimate of drug-likeness (QED) is 0.539. The van der Waals surface area contributed by atoms with E-state index in [9.17, 15) is 4.79 Å². The molecule has 130 valence electrons. The number of thioether (sulfide) groups is 1. The molecule has 0 amide bonds. The van der Waals surface area contributed by atoms with Crippen LogP contribution in [0.4, 0.5) is 0 Å². The van der Waals surface area contributed by atoms with Crippen LogP contribution in [0.1, 0.15) is 18.0 Å². The van der Waals surface area contributed by atoms with Gasteiger partial charge in [0.2, 0.25) is 0 Å². The smallest absolute Gasteiger partial charge is 0.258 e. The Bertz CT molecular complexity index is 1140. The van der Waals surface area contributed by atoms with Crippen molar-refractivity contribution in [2.75, 3.05) is 0 Å². The summed E-state index contributed by atoms with van der Waals surface area (Å²) in [6, 6.07) is 14.7. The largest absolute Gasteiger partial charge is 0.309 e. The minimum Gasteiger partial charge on any atom is -0.309 e. The second-order valence-corrected chi connectivity index (χ2v) is 7.44. The molecule has 2 aromatic carbocycles. The van der Waals surface area contributed by atoms with Crippen molar-refractivity contribution in [2.24, 2.45) is 0 Å². The van der Waals surface area contributed by atoms with Crippen LogP contribution in [-0.4, -0.2) is 24.7 Å². The number of nitrogens with zero attached hydrogens (tertiary/aromatic N) is 4. The predicted octanol–water partition coefficient (Wildman–Crippen LogP) is 4.01. The first kappa shape index (κ1) is 16.8. The zero-order valence-corrected chi connectivity index (χ0v) is 15.3. The third-order valence-corrected chi connectivity index (χ3v) is 5.20. The maximum absolute atomic E-state index is 12.3. The summed E-state index contributed by atoms with van der Waals surface area (Å²) in [6.07, 6.45) is 1.64. The van der Waals surface area contributed by atoms with E-state index in [0.29, 0.717) is 26.9 Å². The highest BCUT2D eigenvalue weighted by molar-refractivity contribution is 7.99. The first-order valence-electron chi connectivity index (χ1n) is 7.93. The van der Waals surface area contributed by atoms with E-state index < -0.39 is 0 Å². The summed E-state index contributed by atoms with van der Waals surface area (Å²) in [4.78, 5) is 19.7. The van der Waals surface area contributed by atoms with Crippen LogP contribution in [0.3, 0.4) is 0 Å². The van der Waals surface area contributed by atoms with Gasteiger partial charge in [-0.25, -0.2) is 4.98 Å². The Hall–Kier alpha value is -2.64. The second kappa shape index (κ2) is 6.93. The Morgan fingerprint density at radius 2 is 2.04 bits per heavy atom. The molecule has 1 atom stereocenters. The van der Waals surface area contributed by atoms with Gasteiger partial charge in [-0.15, -0.1) is 10.2 Å². The van der Waals surface area contributed by atoms with Gasteiger partial charge in [-0.2, -0.15) is 0 Å². The molecule has 0 radical (unpaired) electrons. The maximum Gasteiger partial charge on any atom is 0.258 e. The molecule has 8 heteroatoms. The third kappa shape index (κ3) is 3.23. The van der Waals surface area contributed by atoms with E-state index in [2.05, 4.69) is 20.2 Å². The molecule has 4 aromatic rings. The lowest BCUT2D eigenvalue weighted by Gasteiger charge is -2.12. The van der Waals surface area contributed by atoms with Gasteiger partial charge in [0.15, 0.2) is 5.16 Å². The predicted molar refractivity (Wildman–Crippen MR) is 103 cm³/mol. The molecule has 6 nitrogen and oxygen atoms in total. The molecular weight excluding hydrogens is 370 g/mol. The fourth-order valence-corrected chi connectivity index (χ4v) is 3.70. The number of benzene rings is 2. The number of aromatic nitrogens is 5. The van der Waals surface area contributed by atoms with Gasteiger partial charge in [0, 0.05) is 5.02 Å². The molecule has 4 rings (SSSR count). The van der Waals surface area contributed by atoms with Crippen LogP contribution in [0.25, 0.3) is 16.6 Å². The molecule has 0 spiro atoms. The molecule has 0 bridgehead atoms. The molecule has 0 fully saturated rings. The molecule has 0 unspecified atom stereocenters. The highest BCUT2D eigenvalue weighted by Crippen LogP contribution is 2.33. The molecule has 1 N–H and O–H groups in total. The molecule has 0 saturated carbocycles. The van der Waals surface area contributed by atoms with Gasteiger partial charge >= 0.3 is 0 Å². The lowest BCUT2D eigenvalue weighted by Crippen LogP contribution is -2.13. The van der Waals surface area contributed by atoms with Crippen molar-refractivity contribution < 1.29 is 0 Å². The highest BCUT2D eigenvalue weighted by atomic mass is 35.5. The Kier molecular flexibility index (Phi) is 4.48. The van der Waals surface area contributed by atoms with Crippen molar-refractivity contribution in [3.63, 3.8) is 0 Å². The molecule has 0 aliphatic rings. The number of hydrogen-bond donors (Lipinski definition) is 1. The van der Waals surface area contributed by atoms with E-state index in [4.69, 9.17) is 11.6 Å². The van der Waals surface area contributed by atoms with Gasteiger partial charge in [0.1, 0.15) is 12.2 Å². The Balaban J connectivity index is 1.67. The number of aromatic amines is 1. The standard InChI is InChI=1S/C18H14ClN5OS/c1-11(16-21-15-8-3-2-7-14(15)17(25)22-16)26-18-23-20-10-24(18)13-6-4-5-12(19)9-13/h2-11H,1H3,(H,21,22,25)/t11-/m1/s1. The zero-order chi connectivity index (χ0) is 18.1. The fourth-order valence-electron chi connectivity index (χ4n) is 2.62. The topological polar surface area (TPSA) is 76.5 Å². The minimum absolute atomic E-state index is 0.116. The van der Waals surface area contributed by atoms with E-state index in [-0.39, 0.29) is 10.8 Å². The SMILES string of the molecule is C[C@@H](Sc1nncn1-c1cccc(Cl)c1)c1nc2ccccc2c(=O)[nH]1. The summed E-state index contributed by atoms with van der Waals surface area (Å²) < 4.78 is 1.85. The van der Waals surface area contributed by atoms with E-state index in [1.165, 1.54) is 11.8 Å². The highest BCUT2D eigenvalue weighted by Gasteiger charge is 2.16. The Morgan fingerprint density at radius 1 is 1.19 bits per heavy atom. The summed E-state index contributed by atoms with van der Waals surface area (Å²) in [7, 11) is 0. The minimum atomic E-state index is -0.144. The van der Waals surface area contributed by atoms with E-state index >= 15 is 0 Å². The number of halogens is 1. The van der Waals surface area contributed by atoms with Gasteiger partial charge < -0.3 is 4.98 Å². The van der Waals surface area contributed by atoms with Crippen molar-refractivity contribution in [2.45, 2.75) is 17.3 Å². The number of nitrogens with one attached hydrogen (secondary N) is 1. The van der Waals surface area contributed by atoms with Crippen LogP contribution in [0, 0.1) is 0 Å². The lowest BCUT2D eigenvalue weighted by atomic mass is 10.2. The fraction of sp³-hybridized carbons (Fsp3) is 0.111. The third-order valence-electron chi connectivity index (χ3n) is 3.90. The average Bonchev–Trinajstić information content (AvgIpc) is 3.10. The number of hydrogen-bond acceptors (Lipinski definition) is 5. The van der Waals surface area contributed by atoms with Crippen molar-refractivity contribution in [3.05, 3.63) is 76.1 Å². The number of fused-ring (bicyclic) bond motifs is 1. The van der Waals surface area contributed by atoms with Crippen LogP contribution < -0.4 is 5.56 Å². The summed E-state index contributed by atoms with van der Waals surface area (Å²) >= 11 is 7.54. The first-order valence-corrected chi connectivity index (χ1v) is 9.19. The molecule has 2 aromatic heterocycles. The second-order valence-electron chi connectivity index (χ2n) is 5.69. The van der Waals surface area contributed by atoms with Crippen LogP contribution >= 0.6 is 23.4 Å². The lowest BCUT2D eigenvalue weighted by molar-refractivity contribution is 0.861. The monoisotopic (exact) mass is 383 g/mol. The first-order chi connectivity index (χ1) is 12.6. The van der Waals surface area contributed by atoms with E-state index in [0.717, 1.165) is 5.69 Å². The van der Waals surface area contributed by atoms with Gasteiger partial charge in [0.05, 0.1) is 21.8 Å². The van der Waals surface area contributed by atoms with Gasteiger partial charge in [0.25, 0.3) is 5.56 Å². The molecule has 0 saturated heterocycles.